The van der Waals surface area contributed by atoms with Gasteiger partial charge >= 0.3 is 35.8 Å². The predicted octanol–water partition coefficient (Wildman–Crippen LogP) is 3.44. The van der Waals surface area contributed by atoms with Crippen LogP contribution in [0.25, 0.3) is 11.1 Å². The van der Waals surface area contributed by atoms with Gasteiger partial charge in [-0.1, -0.05) is 60.7 Å². The molecule has 0 bridgehead atoms. The summed E-state index contributed by atoms with van der Waals surface area (Å²) in [5.74, 6) is -3.43. The second-order valence-corrected chi connectivity index (χ2v) is 8.14. The van der Waals surface area contributed by atoms with Crippen molar-refractivity contribution in [1.82, 2.24) is 0 Å². The first-order valence-corrected chi connectivity index (χ1v) is 11.1. The number of hydrogen-bond acceptors (Lipinski definition) is 9. The molecule has 2 aromatic carbocycles. The van der Waals surface area contributed by atoms with Gasteiger partial charge in [0.2, 0.25) is 0 Å². The van der Waals surface area contributed by atoms with Crippen LogP contribution in [0.5, 0.6) is 0 Å². The van der Waals surface area contributed by atoms with Crippen LogP contribution in [0, 0.1) is 0 Å². The van der Waals surface area contributed by atoms with E-state index in [1.54, 1.807) is 38.1 Å². The largest absolute Gasteiger partial charge is 0.386 e. The van der Waals surface area contributed by atoms with Crippen molar-refractivity contribution < 1.29 is 43.0 Å². The van der Waals surface area contributed by atoms with E-state index in [4.69, 9.17) is 4.74 Å². The molecule has 3 aliphatic heterocycles. The Kier molecular flexibility index (Phi) is 8.23. The first-order valence-electron chi connectivity index (χ1n) is 10.3. The van der Waals surface area contributed by atoms with Crippen LogP contribution in [0.1, 0.15) is 25.0 Å². The molecular weight excluding hydrogens is 536 g/mol. The van der Waals surface area contributed by atoms with Gasteiger partial charge in [0, 0.05) is 17.2 Å². The Hall–Kier alpha value is -4.44. The molecule has 9 nitrogen and oxygen atoms in total. The Morgan fingerprint density at radius 3 is 1.17 bits per heavy atom. The Morgan fingerprint density at radius 1 is 0.528 bits per heavy atom. The molecule has 10 heteroatoms. The van der Waals surface area contributed by atoms with Crippen LogP contribution in [0.3, 0.4) is 0 Å². The molecule has 0 saturated carbocycles. The fraction of sp³-hybridized carbons (Fsp3) is 0.0769. The van der Waals surface area contributed by atoms with E-state index in [-0.39, 0.29) is 4.48 Å². The highest BCUT2D eigenvalue weighted by molar-refractivity contribution is 9.12. The van der Waals surface area contributed by atoms with Gasteiger partial charge in [0.05, 0.1) is 11.1 Å². The lowest BCUT2D eigenvalue weighted by molar-refractivity contribution is -0.152. The summed E-state index contributed by atoms with van der Waals surface area (Å²) < 4.78 is 13.2. The zero-order valence-electron chi connectivity index (χ0n) is 18.9. The van der Waals surface area contributed by atoms with Crippen LogP contribution >= 0.6 is 15.9 Å². The molecule has 0 aromatic heterocycles. The minimum Gasteiger partial charge on any atom is -0.386 e. The third-order valence-electron chi connectivity index (χ3n) is 4.96. The van der Waals surface area contributed by atoms with Gasteiger partial charge in [-0.15, -0.1) is 0 Å². The number of carbonyl (C=O) groups excluding carboxylic acids is 6. The monoisotopic (exact) mass is 552 g/mol. The maximum Gasteiger partial charge on any atom is 0.353 e. The van der Waals surface area contributed by atoms with Crippen LogP contribution in [0.2, 0.25) is 0 Å². The van der Waals surface area contributed by atoms with Gasteiger partial charge in [-0.2, -0.15) is 0 Å². The fourth-order valence-corrected chi connectivity index (χ4v) is 3.27. The molecule has 0 N–H and O–H groups in total. The molecule has 182 valence electrons. The number of benzene rings is 2. The van der Waals surface area contributed by atoms with E-state index in [0.29, 0.717) is 33.4 Å². The third kappa shape index (κ3) is 5.97. The van der Waals surface area contributed by atoms with Crippen LogP contribution in [0.4, 0.5) is 0 Å². The van der Waals surface area contributed by atoms with E-state index in [1.165, 1.54) is 0 Å². The summed E-state index contributed by atoms with van der Waals surface area (Å²) in [6, 6.07) is 18.2. The molecule has 0 unspecified atom stereocenters. The van der Waals surface area contributed by atoms with Crippen molar-refractivity contribution in [3.8, 4) is 0 Å². The van der Waals surface area contributed by atoms with Crippen LogP contribution < -0.4 is 0 Å². The first kappa shape index (κ1) is 26.2. The lowest BCUT2D eigenvalue weighted by Gasteiger charge is -2.02. The molecule has 0 aliphatic carbocycles. The van der Waals surface area contributed by atoms with Crippen molar-refractivity contribution in [2.75, 3.05) is 0 Å². The smallest absolute Gasteiger partial charge is 0.353 e. The highest BCUT2D eigenvalue weighted by Gasteiger charge is 2.34. The number of ether oxygens (including phenoxy) is 3. The van der Waals surface area contributed by atoms with Crippen molar-refractivity contribution in [2.45, 2.75) is 13.8 Å². The molecule has 0 saturated heterocycles. The van der Waals surface area contributed by atoms with Gasteiger partial charge < -0.3 is 14.2 Å². The standard InChI is InChI=1S/C16H10O3.C6H6O3.C4HBrO3/c17-15-13(11-7-3-1-4-8-11)14(16(18)19-15)12-9-5-2-6-10-12;1-3-4(2)6(8)9-5(3)7;5-2-1-3(6)8-4(2)7/h1-10H;1-2H3;1H. The van der Waals surface area contributed by atoms with Crippen molar-refractivity contribution in [3.05, 3.63) is 93.5 Å². The average Bonchev–Trinajstić information content (AvgIpc) is 3.41. The van der Waals surface area contributed by atoms with Crippen molar-refractivity contribution in [2.24, 2.45) is 0 Å². The molecular formula is C26H17BrO9. The summed E-state index contributed by atoms with van der Waals surface area (Å²) in [7, 11) is 0. The fourth-order valence-electron chi connectivity index (χ4n) is 3.00. The minimum absolute atomic E-state index is 0.183. The molecule has 0 atom stereocenters. The van der Waals surface area contributed by atoms with Gasteiger partial charge in [-0.25, -0.2) is 28.8 Å². The molecule has 3 heterocycles. The Labute approximate surface area is 213 Å². The molecule has 3 aliphatic rings. The maximum absolute atomic E-state index is 11.9. The van der Waals surface area contributed by atoms with Gasteiger partial charge in [0.25, 0.3) is 0 Å². The van der Waals surface area contributed by atoms with E-state index in [2.05, 4.69) is 25.4 Å². The summed E-state index contributed by atoms with van der Waals surface area (Å²) >= 11 is 2.81. The normalized spacial score (nSPS) is 16.6. The number of halogens is 1. The van der Waals surface area contributed by atoms with Crippen molar-refractivity contribution >= 4 is 62.9 Å². The highest BCUT2D eigenvalue weighted by Crippen LogP contribution is 2.33. The van der Waals surface area contributed by atoms with Gasteiger partial charge in [0.1, 0.15) is 4.48 Å². The summed E-state index contributed by atoms with van der Waals surface area (Å²) in [5.41, 5.74) is 2.88. The Bertz CT molecular complexity index is 1290. The predicted molar refractivity (Wildman–Crippen MR) is 128 cm³/mol. The second-order valence-electron chi connectivity index (χ2n) is 7.29. The van der Waals surface area contributed by atoms with Gasteiger partial charge in [-0.3, -0.25) is 0 Å². The Morgan fingerprint density at radius 2 is 0.917 bits per heavy atom. The molecule has 0 spiro atoms. The van der Waals surface area contributed by atoms with E-state index >= 15 is 0 Å². The maximum atomic E-state index is 11.9. The summed E-state index contributed by atoms with van der Waals surface area (Å²) in [6.45, 7) is 3.14. The van der Waals surface area contributed by atoms with E-state index in [1.807, 2.05) is 36.4 Å². The molecule has 5 rings (SSSR count). The van der Waals surface area contributed by atoms with Gasteiger partial charge in [-0.05, 0) is 40.9 Å². The van der Waals surface area contributed by atoms with Gasteiger partial charge in [0.15, 0.2) is 0 Å². The molecule has 2 aromatic rings. The summed E-state index contributed by atoms with van der Waals surface area (Å²) in [4.78, 5) is 65.1. The summed E-state index contributed by atoms with van der Waals surface area (Å²) in [5, 5.41) is 0. The summed E-state index contributed by atoms with van der Waals surface area (Å²) in [6.07, 6.45) is 1.09. The number of rotatable bonds is 2. The van der Waals surface area contributed by atoms with Crippen molar-refractivity contribution in [3.63, 3.8) is 0 Å². The lowest BCUT2D eigenvalue weighted by Crippen LogP contribution is -2.01. The number of esters is 6. The minimum atomic E-state index is -0.616. The lowest BCUT2D eigenvalue weighted by atomic mass is 9.96. The van der Waals surface area contributed by atoms with E-state index < -0.39 is 35.8 Å². The van der Waals surface area contributed by atoms with Crippen LogP contribution in [-0.2, 0) is 43.0 Å². The number of carbonyl (C=O) groups is 6. The van der Waals surface area contributed by atoms with Crippen LogP contribution in [0.15, 0.2) is 82.4 Å². The quantitative estimate of drug-likeness (QED) is 0.312. The first-order chi connectivity index (χ1) is 17.1. The van der Waals surface area contributed by atoms with E-state index in [0.717, 1.165) is 6.08 Å². The topological polar surface area (TPSA) is 130 Å². The number of cyclic esters (lactones) is 6. The second kappa shape index (κ2) is 11.3. The molecule has 36 heavy (non-hydrogen) atoms. The van der Waals surface area contributed by atoms with Crippen molar-refractivity contribution in [1.29, 1.82) is 0 Å². The number of hydrogen-bond donors (Lipinski definition) is 0. The molecule has 0 radical (unpaired) electrons. The average molecular weight is 553 g/mol. The SMILES string of the molecule is CC1=C(C)C(=O)OC1=O.O=C1C=C(Br)C(=O)O1.O=C1OC(=O)C(c2ccccc2)=C1c1ccccc1. The third-order valence-corrected chi connectivity index (χ3v) is 5.51. The molecule has 0 amide bonds. The Balaban J connectivity index is 0.000000176. The molecule has 0 fully saturated rings. The zero-order chi connectivity index (χ0) is 26.4. The van der Waals surface area contributed by atoms with Crippen LogP contribution in [-0.4, -0.2) is 35.8 Å². The zero-order valence-corrected chi connectivity index (χ0v) is 20.5. The highest BCUT2D eigenvalue weighted by atomic mass is 79.9. The van der Waals surface area contributed by atoms with E-state index in [9.17, 15) is 28.8 Å².